The lowest BCUT2D eigenvalue weighted by molar-refractivity contribution is 0.471. The third-order valence-electron chi connectivity index (χ3n) is 2.81. The first-order chi connectivity index (χ1) is 7.04. The molecule has 0 atom stereocenters. The predicted octanol–water partition coefficient (Wildman–Crippen LogP) is 3.16. The molecule has 3 heteroatoms. The Kier molecular flexibility index (Phi) is 2.27. The smallest absolute Gasteiger partial charge is 0.126 e. The maximum Gasteiger partial charge on any atom is 0.126 e. The van der Waals surface area contributed by atoms with Crippen molar-refractivity contribution in [3.05, 3.63) is 29.3 Å². The maximum absolute atomic E-state index is 9.94. The van der Waals surface area contributed by atoms with Crippen LogP contribution in [0.4, 0.5) is 0 Å². The fourth-order valence-corrected chi connectivity index (χ4v) is 2.13. The van der Waals surface area contributed by atoms with Crippen molar-refractivity contribution < 1.29 is 10.2 Å². The number of fused-ring (bicyclic) bond motifs is 1. The van der Waals surface area contributed by atoms with Crippen molar-refractivity contribution in [2.75, 3.05) is 0 Å². The third kappa shape index (κ3) is 1.35. The van der Waals surface area contributed by atoms with Crippen LogP contribution in [0.15, 0.2) is 23.1 Å². The SMILES string of the molecule is Cc1c(C)c(S)c2c(O)cccc2c1O. The highest BCUT2D eigenvalue weighted by molar-refractivity contribution is 7.80. The van der Waals surface area contributed by atoms with Gasteiger partial charge in [0.15, 0.2) is 0 Å². The molecule has 0 fully saturated rings. The van der Waals surface area contributed by atoms with Gasteiger partial charge < -0.3 is 10.2 Å². The lowest BCUT2D eigenvalue weighted by atomic mass is 10.0. The van der Waals surface area contributed by atoms with Gasteiger partial charge in [0, 0.05) is 15.7 Å². The van der Waals surface area contributed by atoms with Crippen molar-refractivity contribution in [2.45, 2.75) is 18.7 Å². The van der Waals surface area contributed by atoms with E-state index in [-0.39, 0.29) is 11.5 Å². The quantitative estimate of drug-likeness (QED) is 0.597. The van der Waals surface area contributed by atoms with Crippen LogP contribution in [-0.2, 0) is 0 Å². The molecule has 2 nitrogen and oxygen atoms in total. The summed E-state index contributed by atoms with van der Waals surface area (Å²) in [5.74, 6) is 0.368. The summed E-state index contributed by atoms with van der Waals surface area (Å²) in [5.41, 5.74) is 1.70. The second-order valence-corrected chi connectivity index (χ2v) is 4.09. The summed E-state index contributed by atoms with van der Waals surface area (Å²) >= 11 is 4.38. The molecule has 0 aliphatic carbocycles. The standard InChI is InChI=1S/C12H12O2S/c1-6-7(2)12(15)10-8(11(6)14)4-3-5-9(10)13/h3-5,13-15H,1-2H3. The first kappa shape index (κ1) is 10.2. The largest absolute Gasteiger partial charge is 0.507 e. The Labute approximate surface area is 93.6 Å². The van der Waals surface area contributed by atoms with Crippen molar-refractivity contribution in [1.29, 1.82) is 0 Å². The van der Waals surface area contributed by atoms with Gasteiger partial charge in [0.1, 0.15) is 11.5 Å². The van der Waals surface area contributed by atoms with Crippen molar-refractivity contribution in [3.63, 3.8) is 0 Å². The highest BCUT2D eigenvalue weighted by Gasteiger charge is 2.13. The van der Waals surface area contributed by atoms with Gasteiger partial charge in [-0.05, 0) is 31.0 Å². The van der Waals surface area contributed by atoms with E-state index in [4.69, 9.17) is 0 Å². The van der Waals surface area contributed by atoms with Crippen molar-refractivity contribution in [1.82, 2.24) is 0 Å². The van der Waals surface area contributed by atoms with E-state index in [1.165, 1.54) is 0 Å². The summed E-state index contributed by atoms with van der Waals surface area (Å²) in [7, 11) is 0. The molecule has 0 radical (unpaired) electrons. The average Bonchev–Trinajstić information content (AvgIpc) is 2.23. The Morgan fingerprint density at radius 2 is 1.73 bits per heavy atom. The lowest BCUT2D eigenvalue weighted by Gasteiger charge is -2.12. The normalized spacial score (nSPS) is 10.9. The number of phenols is 2. The maximum atomic E-state index is 9.94. The van der Waals surface area contributed by atoms with Gasteiger partial charge in [-0.2, -0.15) is 0 Å². The number of aromatic hydroxyl groups is 2. The van der Waals surface area contributed by atoms with E-state index < -0.39 is 0 Å². The Hall–Kier alpha value is -1.35. The molecule has 0 saturated heterocycles. The van der Waals surface area contributed by atoms with Gasteiger partial charge in [-0.25, -0.2) is 0 Å². The second-order valence-electron chi connectivity index (χ2n) is 3.65. The molecule has 2 aromatic carbocycles. The van der Waals surface area contributed by atoms with Crippen LogP contribution >= 0.6 is 12.6 Å². The molecule has 2 rings (SSSR count). The van der Waals surface area contributed by atoms with Crippen LogP contribution in [0.3, 0.4) is 0 Å². The average molecular weight is 220 g/mol. The lowest BCUT2D eigenvalue weighted by Crippen LogP contribution is -1.88. The van der Waals surface area contributed by atoms with Crippen LogP contribution in [-0.4, -0.2) is 10.2 Å². The molecule has 0 spiro atoms. The zero-order chi connectivity index (χ0) is 11.2. The second kappa shape index (κ2) is 3.35. The zero-order valence-electron chi connectivity index (χ0n) is 8.57. The first-order valence-corrected chi connectivity index (χ1v) is 5.11. The molecule has 0 bridgehead atoms. The van der Waals surface area contributed by atoms with Gasteiger partial charge in [0.05, 0.1) is 0 Å². The van der Waals surface area contributed by atoms with E-state index in [0.29, 0.717) is 10.8 Å². The van der Waals surface area contributed by atoms with Crippen molar-refractivity contribution in [3.8, 4) is 11.5 Å². The van der Waals surface area contributed by atoms with E-state index in [2.05, 4.69) is 12.6 Å². The van der Waals surface area contributed by atoms with E-state index in [1.807, 2.05) is 13.8 Å². The van der Waals surface area contributed by atoms with Crippen LogP contribution in [0.5, 0.6) is 11.5 Å². The predicted molar refractivity (Wildman–Crippen MR) is 64.0 cm³/mol. The fraction of sp³-hybridized carbons (Fsp3) is 0.167. The van der Waals surface area contributed by atoms with E-state index >= 15 is 0 Å². The van der Waals surface area contributed by atoms with Gasteiger partial charge in [0.2, 0.25) is 0 Å². The minimum Gasteiger partial charge on any atom is -0.507 e. The molecule has 0 aliphatic heterocycles. The Bertz CT molecular complexity index is 547. The van der Waals surface area contributed by atoms with Crippen LogP contribution in [0.25, 0.3) is 10.8 Å². The molecule has 0 aromatic heterocycles. The van der Waals surface area contributed by atoms with E-state index in [0.717, 1.165) is 16.0 Å². The van der Waals surface area contributed by atoms with E-state index in [1.54, 1.807) is 18.2 Å². The van der Waals surface area contributed by atoms with Crippen molar-refractivity contribution in [2.24, 2.45) is 0 Å². The molecule has 0 aliphatic rings. The van der Waals surface area contributed by atoms with Gasteiger partial charge in [0.25, 0.3) is 0 Å². The van der Waals surface area contributed by atoms with Crippen LogP contribution in [0, 0.1) is 13.8 Å². The Morgan fingerprint density at radius 3 is 2.40 bits per heavy atom. The monoisotopic (exact) mass is 220 g/mol. The summed E-state index contributed by atoms with van der Waals surface area (Å²) in [6.07, 6.45) is 0. The molecule has 0 saturated carbocycles. The molecule has 0 unspecified atom stereocenters. The molecule has 0 heterocycles. The van der Waals surface area contributed by atoms with Crippen LogP contribution in [0.2, 0.25) is 0 Å². The summed E-state index contributed by atoms with van der Waals surface area (Å²) in [6.45, 7) is 3.72. The highest BCUT2D eigenvalue weighted by atomic mass is 32.1. The third-order valence-corrected chi connectivity index (χ3v) is 3.37. The zero-order valence-corrected chi connectivity index (χ0v) is 9.47. The van der Waals surface area contributed by atoms with Crippen LogP contribution in [0.1, 0.15) is 11.1 Å². The molecule has 78 valence electrons. The summed E-state index contributed by atoms with van der Waals surface area (Å²) in [5, 5.41) is 20.9. The molecule has 15 heavy (non-hydrogen) atoms. The highest BCUT2D eigenvalue weighted by Crippen LogP contribution is 2.40. The molecular weight excluding hydrogens is 208 g/mol. The summed E-state index contributed by atoms with van der Waals surface area (Å²) in [6, 6.07) is 5.08. The minimum atomic E-state index is 0.149. The van der Waals surface area contributed by atoms with E-state index in [9.17, 15) is 10.2 Å². The van der Waals surface area contributed by atoms with Gasteiger partial charge >= 0.3 is 0 Å². The van der Waals surface area contributed by atoms with Gasteiger partial charge in [-0.3, -0.25) is 0 Å². The minimum absolute atomic E-state index is 0.149. The number of phenolic OH excluding ortho intramolecular Hbond substituents is 2. The topological polar surface area (TPSA) is 40.5 Å². The summed E-state index contributed by atoms with van der Waals surface area (Å²) < 4.78 is 0. The number of rotatable bonds is 0. The fourth-order valence-electron chi connectivity index (χ4n) is 1.73. The molecule has 2 aromatic rings. The number of hydrogen-bond donors (Lipinski definition) is 3. The number of thiol groups is 1. The molecule has 2 N–H and O–H groups in total. The molecular formula is C12H12O2S. The van der Waals surface area contributed by atoms with Gasteiger partial charge in [-0.15, -0.1) is 12.6 Å². The Morgan fingerprint density at radius 1 is 1.07 bits per heavy atom. The van der Waals surface area contributed by atoms with Crippen LogP contribution < -0.4 is 0 Å². The van der Waals surface area contributed by atoms with Crippen molar-refractivity contribution >= 4 is 23.4 Å². The summed E-state index contributed by atoms with van der Waals surface area (Å²) in [4.78, 5) is 0.721. The number of hydrogen-bond acceptors (Lipinski definition) is 3. The number of benzene rings is 2. The Balaban J connectivity index is 3.08. The molecule has 0 amide bonds. The van der Waals surface area contributed by atoms with Gasteiger partial charge in [-0.1, -0.05) is 12.1 Å². The first-order valence-electron chi connectivity index (χ1n) is 4.66.